The second kappa shape index (κ2) is 2.74. The number of nitrogens with zero attached hydrogens (tertiary/aromatic N) is 1. The van der Waals surface area contributed by atoms with Crippen molar-refractivity contribution in [1.82, 2.24) is 0 Å². The third-order valence-electron chi connectivity index (χ3n) is 1.04. The number of hydrogen-bond donors (Lipinski definition) is 0. The normalized spacial score (nSPS) is 14.6. The molecule has 1 aliphatic carbocycles. The van der Waals surface area contributed by atoms with E-state index in [9.17, 15) is 0 Å². The Morgan fingerprint density at radius 3 is 2.44 bits per heavy atom. The summed E-state index contributed by atoms with van der Waals surface area (Å²) in [7, 11) is 0. The predicted molar refractivity (Wildman–Crippen MR) is 35.2 cm³/mol. The highest BCUT2D eigenvalue weighted by atomic mass is 14.2. The van der Waals surface area contributed by atoms with E-state index in [1.807, 2.05) is 24.3 Å². The first-order valence-corrected chi connectivity index (χ1v) is 2.68. The largest absolute Gasteiger partial charge is 0.183 e. The summed E-state index contributed by atoms with van der Waals surface area (Å²) < 4.78 is 0. The Morgan fingerprint density at radius 1 is 1.22 bits per heavy atom. The zero-order valence-corrected chi connectivity index (χ0v) is 4.83. The van der Waals surface area contributed by atoms with Crippen LogP contribution in [0.25, 0.3) is 0 Å². The summed E-state index contributed by atoms with van der Waals surface area (Å²) in [5.74, 6) is 5.26. The first kappa shape index (κ1) is 5.66. The summed E-state index contributed by atoms with van der Waals surface area (Å²) in [6.45, 7) is 0. The molecule has 0 atom stereocenters. The fourth-order valence-corrected chi connectivity index (χ4v) is 0.644. The molecule has 0 aromatic rings. The molecule has 0 bridgehead atoms. The summed E-state index contributed by atoms with van der Waals surface area (Å²) >= 11 is 0. The lowest BCUT2D eigenvalue weighted by molar-refractivity contribution is 1.15. The summed E-state index contributed by atoms with van der Waals surface area (Å²) in [5, 5.41) is 8.05. The molecule has 0 aliphatic heterocycles. The average molecular weight is 115 g/mol. The molecule has 0 radical (unpaired) electrons. The molecular weight excluding hydrogens is 110 g/mol. The summed E-state index contributed by atoms with van der Waals surface area (Å²) in [6.07, 6.45) is 7.75. The third kappa shape index (κ3) is 1.48. The van der Waals surface area contributed by atoms with Crippen LogP contribution < -0.4 is 0 Å². The van der Waals surface area contributed by atoms with Crippen molar-refractivity contribution in [2.75, 3.05) is 0 Å². The molecule has 0 unspecified atom stereocenters. The van der Waals surface area contributed by atoms with Crippen LogP contribution in [0.1, 0.15) is 0 Å². The van der Waals surface area contributed by atoms with Gasteiger partial charge in [0, 0.05) is 5.92 Å². The van der Waals surface area contributed by atoms with Crippen LogP contribution in [0.3, 0.4) is 0 Å². The molecule has 0 N–H and O–H groups in total. The van der Waals surface area contributed by atoms with Gasteiger partial charge in [-0.05, 0) is 0 Å². The van der Waals surface area contributed by atoms with Crippen molar-refractivity contribution in [1.29, 1.82) is 5.26 Å². The summed E-state index contributed by atoms with van der Waals surface area (Å²) in [5.41, 5.74) is 0. The highest BCUT2D eigenvalue weighted by Crippen LogP contribution is 2.05. The van der Waals surface area contributed by atoms with E-state index in [1.54, 1.807) is 6.07 Å². The third-order valence-corrected chi connectivity index (χ3v) is 1.04. The minimum atomic E-state index is 0.171. The Kier molecular flexibility index (Phi) is 1.73. The van der Waals surface area contributed by atoms with Gasteiger partial charge >= 0.3 is 0 Å². The van der Waals surface area contributed by atoms with Gasteiger partial charge in [-0.2, -0.15) is 5.26 Å². The molecule has 1 nitrogen and oxygen atoms in total. The molecule has 1 rings (SSSR count). The lowest BCUT2D eigenvalue weighted by Gasteiger charge is -1.85. The maximum absolute atomic E-state index is 8.05. The van der Waals surface area contributed by atoms with E-state index in [2.05, 4.69) is 11.8 Å². The topological polar surface area (TPSA) is 23.8 Å². The smallest absolute Gasteiger partial charge is 0.152 e. The number of hydrogen-bond acceptors (Lipinski definition) is 1. The lowest BCUT2D eigenvalue weighted by atomic mass is 10.2. The molecule has 0 aromatic carbocycles. The highest BCUT2D eigenvalue weighted by molar-refractivity contribution is 5.30. The molecule has 0 aromatic heterocycles. The van der Waals surface area contributed by atoms with E-state index in [0.717, 1.165) is 0 Å². The monoisotopic (exact) mass is 115 g/mol. The van der Waals surface area contributed by atoms with Crippen LogP contribution in [0.15, 0.2) is 24.3 Å². The van der Waals surface area contributed by atoms with E-state index in [0.29, 0.717) is 0 Å². The van der Waals surface area contributed by atoms with Crippen LogP contribution in [0.2, 0.25) is 0 Å². The second-order valence-corrected chi connectivity index (χ2v) is 1.68. The Bertz CT molecular complexity index is 230. The average Bonchev–Trinajstić information content (AvgIpc) is 2.34. The Balaban J connectivity index is 2.58. The van der Waals surface area contributed by atoms with E-state index >= 15 is 0 Å². The highest BCUT2D eigenvalue weighted by Gasteiger charge is 1.95. The van der Waals surface area contributed by atoms with E-state index < -0.39 is 0 Å². The van der Waals surface area contributed by atoms with Gasteiger partial charge in [0.1, 0.15) is 0 Å². The van der Waals surface area contributed by atoms with Crippen LogP contribution in [0, 0.1) is 29.1 Å². The van der Waals surface area contributed by atoms with Crippen molar-refractivity contribution in [3.8, 4) is 17.9 Å². The molecule has 0 heterocycles. The van der Waals surface area contributed by atoms with Gasteiger partial charge in [0.25, 0.3) is 0 Å². The van der Waals surface area contributed by atoms with Crippen molar-refractivity contribution >= 4 is 0 Å². The molecule has 1 aliphatic rings. The van der Waals surface area contributed by atoms with Gasteiger partial charge in [0.05, 0.1) is 5.92 Å². The van der Waals surface area contributed by atoms with Crippen molar-refractivity contribution in [3.05, 3.63) is 24.3 Å². The van der Waals surface area contributed by atoms with Crippen LogP contribution in [-0.2, 0) is 0 Å². The molecule has 1 heteroatoms. The van der Waals surface area contributed by atoms with Gasteiger partial charge in [0.15, 0.2) is 6.07 Å². The number of rotatable bonds is 0. The van der Waals surface area contributed by atoms with Gasteiger partial charge in [-0.25, -0.2) is 0 Å². The zero-order chi connectivity index (χ0) is 6.53. The van der Waals surface area contributed by atoms with Crippen molar-refractivity contribution in [2.45, 2.75) is 0 Å². The summed E-state index contributed by atoms with van der Waals surface area (Å²) in [4.78, 5) is 0. The van der Waals surface area contributed by atoms with Gasteiger partial charge in [-0.3, -0.25) is 0 Å². The van der Waals surface area contributed by atoms with Crippen LogP contribution >= 0.6 is 0 Å². The first-order valence-electron chi connectivity index (χ1n) is 2.68. The lowest BCUT2D eigenvalue weighted by Crippen LogP contribution is -1.79. The Morgan fingerprint density at radius 2 is 1.89 bits per heavy atom. The van der Waals surface area contributed by atoms with Crippen LogP contribution in [-0.4, -0.2) is 0 Å². The molecule has 0 spiro atoms. The molecule has 0 saturated heterocycles. The molecule has 0 fully saturated rings. The van der Waals surface area contributed by atoms with Crippen LogP contribution in [0.5, 0.6) is 0 Å². The number of allylic oxidation sites excluding steroid dienone is 4. The van der Waals surface area contributed by atoms with Crippen LogP contribution in [0.4, 0.5) is 0 Å². The summed E-state index contributed by atoms with van der Waals surface area (Å²) in [6, 6.07) is 1.77. The fourth-order valence-electron chi connectivity index (χ4n) is 0.644. The predicted octanol–water partition coefficient (Wildman–Crippen LogP) is 1.26. The minimum absolute atomic E-state index is 0.171. The Labute approximate surface area is 54.3 Å². The van der Waals surface area contributed by atoms with Crippen molar-refractivity contribution in [2.24, 2.45) is 5.92 Å². The van der Waals surface area contributed by atoms with Gasteiger partial charge in [-0.1, -0.05) is 30.2 Å². The maximum atomic E-state index is 8.05. The van der Waals surface area contributed by atoms with Gasteiger partial charge < -0.3 is 0 Å². The van der Waals surface area contributed by atoms with E-state index in [-0.39, 0.29) is 5.92 Å². The van der Waals surface area contributed by atoms with E-state index in [4.69, 9.17) is 5.26 Å². The maximum Gasteiger partial charge on any atom is 0.152 e. The van der Waals surface area contributed by atoms with Crippen molar-refractivity contribution in [3.63, 3.8) is 0 Å². The molecule has 42 valence electrons. The molecule has 0 saturated carbocycles. The van der Waals surface area contributed by atoms with Gasteiger partial charge in [-0.15, -0.1) is 0 Å². The van der Waals surface area contributed by atoms with Crippen molar-refractivity contribution < 1.29 is 0 Å². The molecule has 9 heavy (non-hydrogen) atoms. The number of nitriles is 1. The Hall–Kier alpha value is -1.47. The first-order chi connectivity index (χ1) is 4.43. The SMILES string of the molecule is N#CC#CC1C=CC=C1. The fraction of sp³-hybridized carbons (Fsp3) is 0.125. The standard InChI is InChI=1S/C8H5N/c9-7-3-6-8-4-1-2-5-8/h1-2,4-5,8H. The van der Waals surface area contributed by atoms with E-state index in [1.165, 1.54) is 0 Å². The quantitative estimate of drug-likeness (QED) is 0.436. The molecular formula is C8H5N. The minimum Gasteiger partial charge on any atom is -0.183 e. The second-order valence-electron chi connectivity index (χ2n) is 1.68. The van der Waals surface area contributed by atoms with Gasteiger partial charge in [0.2, 0.25) is 0 Å². The molecule has 0 amide bonds. The zero-order valence-electron chi connectivity index (χ0n) is 4.83.